The molecule has 0 amide bonds. The highest BCUT2D eigenvalue weighted by molar-refractivity contribution is 5.70. The first-order valence-electron chi connectivity index (χ1n) is 4.09. The Labute approximate surface area is 69.6 Å². The Morgan fingerprint density at radius 2 is 2.50 bits per heavy atom. The van der Waals surface area contributed by atoms with Crippen LogP contribution in [0.25, 0.3) is 0 Å². The average Bonchev–Trinajstić information content (AvgIpc) is 2.62. The Morgan fingerprint density at radius 1 is 1.50 bits per heavy atom. The first-order valence-corrected chi connectivity index (χ1v) is 4.09. The highest BCUT2D eigenvalue weighted by atomic mass is 16.5. The van der Waals surface area contributed by atoms with Crippen LogP contribution >= 0.6 is 0 Å². The van der Waals surface area contributed by atoms with Crippen LogP contribution in [0.4, 0.5) is 5.82 Å². The Bertz CT molecular complexity index is 353. The maximum Gasteiger partial charge on any atom is 0.368 e. The average molecular weight is 163 g/mol. The van der Waals surface area contributed by atoms with Gasteiger partial charge in [-0.2, -0.15) is 0 Å². The second kappa shape index (κ2) is 2.10. The van der Waals surface area contributed by atoms with Gasteiger partial charge < -0.3 is 10.1 Å². The molecule has 4 heteroatoms. The molecule has 2 aliphatic rings. The molecular weight excluding hydrogens is 154 g/mol. The van der Waals surface area contributed by atoms with Crippen LogP contribution in [0.5, 0.6) is 5.75 Å². The third kappa shape index (κ3) is 0.674. The van der Waals surface area contributed by atoms with Crippen molar-refractivity contribution < 1.29 is 4.74 Å². The molecule has 0 saturated carbocycles. The molecule has 2 N–H and O–H groups in total. The highest BCUT2D eigenvalue weighted by Gasteiger charge is 2.30. The van der Waals surface area contributed by atoms with Crippen LogP contribution in [-0.2, 0) is 13.0 Å². The largest absolute Gasteiger partial charge is 0.416 e. The van der Waals surface area contributed by atoms with Crippen molar-refractivity contribution in [3.05, 3.63) is 11.3 Å². The summed E-state index contributed by atoms with van der Waals surface area (Å²) in [4.78, 5) is 7.32. The second-order valence-corrected chi connectivity index (χ2v) is 3.04. The number of nitrogens with one attached hydrogen (secondary N) is 2. The van der Waals surface area contributed by atoms with Crippen LogP contribution in [0, 0.1) is 0 Å². The van der Waals surface area contributed by atoms with Gasteiger partial charge in [-0.05, 0) is 4.99 Å². The normalized spacial score (nSPS) is 18.7. The van der Waals surface area contributed by atoms with Crippen LogP contribution in [0.3, 0.4) is 0 Å². The molecule has 0 aliphatic carbocycles. The number of rotatable bonds is 0. The van der Waals surface area contributed by atoms with Crippen molar-refractivity contribution in [3.63, 3.8) is 0 Å². The van der Waals surface area contributed by atoms with Crippen molar-refractivity contribution in [3.8, 4) is 5.75 Å². The Morgan fingerprint density at radius 3 is 3.50 bits per heavy atom. The maximum absolute atomic E-state index is 5.27. The van der Waals surface area contributed by atoms with Crippen molar-refractivity contribution in [1.82, 2.24) is 15.3 Å². The molecule has 1 aromatic heterocycles. The number of aromatic amines is 1. The van der Waals surface area contributed by atoms with Gasteiger partial charge in [0, 0.05) is 19.5 Å². The molecule has 0 aromatic carbocycles. The molecule has 3 rings (SSSR count). The van der Waals surface area contributed by atoms with E-state index >= 15 is 0 Å². The van der Waals surface area contributed by atoms with Crippen LogP contribution in [0.2, 0.25) is 0 Å². The number of hydrogen-bond donors (Lipinski definition) is 2. The number of aromatic nitrogens is 1. The Balaban J connectivity index is 2.18. The van der Waals surface area contributed by atoms with E-state index in [-0.39, 0.29) is 0 Å². The van der Waals surface area contributed by atoms with Crippen molar-refractivity contribution in [2.45, 2.75) is 13.0 Å². The van der Waals surface area contributed by atoms with Crippen LogP contribution in [0.15, 0.2) is 0 Å². The van der Waals surface area contributed by atoms with E-state index in [0.29, 0.717) is 0 Å². The standard InChI is InChI=1S/C8H9N3O/c1-2-9-3-5-6(1)11-8-7(5)12-4-10-8/h4,9,11H,1-3H2/q+1. The topological polar surface area (TPSA) is 51.2 Å². The molecule has 0 saturated heterocycles. The van der Waals surface area contributed by atoms with Gasteiger partial charge >= 0.3 is 5.82 Å². The summed E-state index contributed by atoms with van der Waals surface area (Å²) < 4.78 is 5.27. The van der Waals surface area contributed by atoms with Gasteiger partial charge in [0.15, 0.2) is 0 Å². The molecule has 1 radical (unpaired) electrons. The molecule has 0 fully saturated rings. The predicted octanol–water partition coefficient (Wildman–Crippen LogP) is 0.0484. The SMILES string of the molecule is C1=[N+]c2[nH]c3c(c2O1)CNCC3. The minimum absolute atomic E-state index is 0.878. The second-order valence-electron chi connectivity index (χ2n) is 3.04. The van der Waals surface area contributed by atoms with Gasteiger partial charge in [-0.1, -0.05) is 0 Å². The van der Waals surface area contributed by atoms with Gasteiger partial charge in [-0.15, -0.1) is 0 Å². The number of aliphatic imine (C=N–C) groups is 1. The third-order valence-corrected chi connectivity index (χ3v) is 2.33. The van der Waals surface area contributed by atoms with Crippen molar-refractivity contribution >= 4 is 12.2 Å². The van der Waals surface area contributed by atoms with Gasteiger partial charge in [0.05, 0.1) is 5.56 Å². The van der Waals surface area contributed by atoms with E-state index < -0.39 is 0 Å². The van der Waals surface area contributed by atoms with Gasteiger partial charge in [0.1, 0.15) is 5.69 Å². The first kappa shape index (κ1) is 6.25. The van der Waals surface area contributed by atoms with E-state index in [9.17, 15) is 0 Å². The lowest BCUT2D eigenvalue weighted by Gasteiger charge is -2.09. The minimum atomic E-state index is 0.878. The molecule has 4 nitrogen and oxygen atoms in total. The van der Waals surface area contributed by atoms with Gasteiger partial charge in [0.2, 0.25) is 5.75 Å². The zero-order valence-corrected chi connectivity index (χ0v) is 6.55. The number of ether oxygens (including phenoxy) is 1. The zero-order chi connectivity index (χ0) is 7.97. The Hall–Kier alpha value is -1.29. The van der Waals surface area contributed by atoms with E-state index in [1.54, 1.807) is 0 Å². The summed E-state index contributed by atoms with van der Waals surface area (Å²) in [6.45, 7) is 1.93. The fraction of sp³-hybridized carbons (Fsp3) is 0.375. The summed E-state index contributed by atoms with van der Waals surface area (Å²) in [6, 6.07) is 0. The number of H-pyrrole nitrogens is 1. The zero-order valence-electron chi connectivity index (χ0n) is 6.55. The van der Waals surface area contributed by atoms with Gasteiger partial charge in [-0.25, -0.2) is 4.98 Å². The molecule has 0 atom stereocenters. The van der Waals surface area contributed by atoms with Crippen LogP contribution in [-0.4, -0.2) is 17.9 Å². The number of fused-ring (bicyclic) bond motifs is 3. The molecule has 61 valence electrons. The van der Waals surface area contributed by atoms with E-state index in [1.807, 2.05) is 0 Å². The maximum atomic E-state index is 5.27. The van der Waals surface area contributed by atoms with Crippen LogP contribution < -0.4 is 15.0 Å². The number of nitrogens with zero attached hydrogens (tertiary/aromatic N) is 1. The predicted molar refractivity (Wildman–Crippen MR) is 44.7 cm³/mol. The number of hydrogen-bond acceptors (Lipinski definition) is 3. The van der Waals surface area contributed by atoms with E-state index in [0.717, 1.165) is 31.1 Å². The van der Waals surface area contributed by atoms with Gasteiger partial charge in [-0.3, -0.25) is 0 Å². The summed E-state index contributed by atoms with van der Waals surface area (Å²) in [5, 5.41) is 3.30. The molecule has 0 bridgehead atoms. The van der Waals surface area contributed by atoms with Crippen molar-refractivity contribution in [2.24, 2.45) is 0 Å². The monoisotopic (exact) mass is 163 g/mol. The lowest BCUT2D eigenvalue weighted by Crippen LogP contribution is -2.23. The van der Waals surface area contributed by atoms with Crippen LogP contribution in [0.1, 0.15) is 11.3 Å². The molecular formula is C8H9N3O+. The van der Waals surface area contributed by atoms with Crippen molar-refractivity contribution in [2.75, 3.05) is 6.54 Å². The van der Waals surface area contributed by atoms with E-state index in [4.69, 9.17) is 4.74 Å². The molecule has 0 spiro atoms. The lowest BCUT2D eigenvalue weighted by molar-refractivity contribution is 0.562. The minimum Gasteiger partial charge on any atom is -0.416 e. The summed E-state index contributed by atoms with van der Waals surface area (Å²) in [6.07, 6.45) is 2.53. The third-order valence-electron chi connectivity index (χ3n) is 2.33. The summed E-state index contributed by atoms with van der Waals surface area (Å²) >= 11 is 0. The molecule has 2 aliphatic heterocycles. The smallest absolute Gasteiger partial charge is 0.368 e. The molecule has 1 aromatic rings. The first-order chi connectivity index (χ1) is 5.95. The lowest BCUT2D eigenvalue weighted by atomic mass is 10.1. The molecule has 12 heavy (non-hydrogen) atoms. The van der Waals surface area contributed by atoms with Crippen molar-refractivity contribution in [1.29, 1.82) is 0 Å². The summed E-state index contributed by atoms with van der Waals surface area (Å²) in [5.41, 5.74) is 2.52. The fourth-order valence-electron chi connectivity index (χ4n) is 1.73. The summed E-state index contributed by atoms with van der Waals surface area (Å²) in [5.74, 6) is 1.79. The highest BCUT2D eigenvalue weighted by Crippen LogP contribution is 2.34. The Kier molecular flexibility index (Phi) is 1.10. The summed E-state index contributed by atoms with van der Waals surface area (Å²) in [7, 11) is 0. The van der Waals surface area contributed by atoms with E-state index in [1.165, 1.54) is 17.7 Å². The fourth-order valence-corrected chi connectivity index (χ4v) is 1.73. The molecule has 0 unspecified atom stereocenters. The quantitative estimate of drug-likeness (QED) is 0.567. The van der Waals surface area contributed by atoms with Gasteiger partial charge in [0.25, 0.3) is 6.40 Å². The molecule has 3 heterocycles. The van der Waals surface area contributed by atoms with E-state index in [2.05, 4.69) is 15.3 Å².